The molecule has 1 atom stereocenters. The van der Waals surface area contributed by atoms with E-state index in [-0.39, 0.29) is 23.2 Å². The third-order valence-corrected chi connectivity index (χ3v) is 5.90. The molecule has 1 aliphatic rings. The van der Waals surface area contributed by atoms with Gasteiger partial charge in [-0.25, -0.2) is 8.42 Å². The lowest BCUT2D eigenvalue weighted by molar-refractivity contribution is -0.146. The molecule has 1 aromatic heterocycles. The molecule has 0 saturated carbocycles. The first-order valence-corrected chi connectivity index (χ1v) is 9.10. The summed E-state index contributed by atoms with van der Waals surface area (Å²) in [6.45, 7) is 2.05. The molecule has 0 aromatic carbocycles. The van der Waals surface area contributed by atoms with Crippen LogP contribution in [0, 0.1) is 12.8 Å². The predicted molar refractivity (Wildman–Crippen MR) is 87.5 cm³/mol. The van der Waals surface area contributed by atoms with Gasteiger partial charge in [-0.2, -0.15) is 4.31 Å². The molecule has 0 amide bonds. The van der Waals surface area contributed by atoms with E-state index in [1.807, 2.05) is 14.1 Å². The van der Waals surface area contributed by atoms with Crippen molar-refractivity contribution in [2.45, 2.75) is 24.7 Å². The number of aromatic nitrogens is 1. The Hall–Kier alpha value is -1.87. The Morgan fingerprint density at radius 1 is 1.46 bits per heavy atom. The largest absolute Gasteiger partial charge is 0.469 e. The number of ether oxygens (including phenoxy) is 1. The molecule has 0 radical (unpaired) electrons. The van der Waals surface area contributed by atoms with Crippen molar-refractivity contribution < 1.29 is 22.5 Å². The van der Waals surface area contributed by atoms with Crippen molar-refractivity contribution in [2.75, 3.05) is 34.3 Å². The maximum absolute atomic E-state index is 13.0. The van der Waals surface area contributed by atoms with Crippen molar-refractivity contribution in [2.24, 2.45) is 5.92 Å². The normalized spacial score (nSPS) is 19.6. The number of piperidine rings is 1. The van der Waals surface area contributed by atoms with Gasteiger partial charge in [0.15, 0.2) is 10.7 Å². The highest BCUT2D eigenvalue weighted by Gasteiger charge is 2.37. The van der Waals surface area contributed by atoms with Crippen molar-refractivity contribution in [1.82, 2.24) is 14.4 Å². The summed E-state index contributed by atoms with van der Waals surface area (Å²) in [4.78, 5) is 13.6. The minimum atomic E-state index is -3.80. The van der Waals surface area contributed by atoms with E-state index in [1.165, 1.54) is 11.4 Å². The lowest BCUT2D eigenvalue weighted by Crippen LogP contribution is -2.42. The molecule has 8 nitrogen and oxygen atoms in total. The van der Waals surface area contributed by atoms with Gasteiger partial charge in [-0.3, -0.25) is 4.79 Å². The highest BCUT2D eigenvalue weighted by molar-refractivity contribution is 7.89. The van der Waals surface area contributed by atoms with Crippen molar-refractivity contribution in [3.63, 3.8) is 0 Å². The molecule has 24 heavy (non-hydrogen) atoms. The molecule has 0 spiro atoms. The quantitative estimate of drug-likeness (QED) is 0.728. The van der Waals surface area contributed by atoms with E-state index >= 15 is 0 Å². The molecule has 1 saturated heterocycles. The van der Waals surface area contributed by atoms with Gasteiger partial charge in [0.05, 0.1) is 13.0 Å². The summed E-state index contributed by atoms with van der Waals surface area (Å²) in [5, 5.41) is 3.78. The summed E-state index contributed by atoms with van der Waals surface area (Å²) in [6.07, 6.45) is 4.47. The number of aryl methyl sites for hydroxylation is 1. The Balaban J connectivity index is 2.33. The Morgan fingerprint density at radius 2 is 2.17 bits per heavy atom. The van der Waals surface area contributed by atoms with Crippen molar-refractivity contribution >= 4 is 22.1 Å². The first kappa shape index (κ1) is 18.5. The minimum Gasteiger partial charge on any atom is -0.469 e. The Kier molecular flexibility index (Phi) is 5.66. The maximum atomic E-state index is 13.0. The number of esters is 1. The fourth-order valence-corrected chi connectivity index (χ4v) is 4.44. The first-order valence-electron chi connectivity index (χ1n) is 7.66. The summed E-state index contributed by atoms with van der Waals surface area (Å²) in [5.74, 6) is -0.648. The molecule has 2 heterocycles. The minimum absolute atomic E-state index is 0.0473. The van der Waals surface area contributed by atoms with Gasteiger partial charge >= 0.3 is 5.97 Å². The highest BCUT2D eigenvalue weighted by Crippen LogP contribution is 2.29. The number of nitrogens with zero attached hydrogens (tertiary/aromatic N) is 3. The van der Waals surface area contributed by atoms with Gasteiger partial charge < -0.3 is 14.2 Å². The summed E-state index contributed by atoms with van der Waals surface area (Å²) in [7, 11) is 1.14. The fraction of sp³-hybridized carbons (Fsp3) is 0.600. The van der Waals surface area contributed by atoms with E-state index in [0.717, 1.165) is 0 Å². The molecule has 9 heteroatoms. The topological polar surface area (TPSA) is 92.9 Å². The molecule has 2 rings (SSSR count). The van der Waals surface area contributed by atoms with E-state index in [9.17, 15) is 13.2 Å². The molecule has 0 aliphatic carbocycles. The molecule has 1 aromatic rings. The standard InChI is InChI=1S/C15H23N3O5S/c1-11-14(13(23-16-11)7-9-17(2)3)24(20,21)18-8-5-6-12(10-18)15(19)22-4/h7,9,12H,5-6,8,10H2,1-4H3/b9-7+. The lowest BCUT2D eigenvalue weighted by atomic mass is 10.0. The summed E-state index contributed by atoms with van der Waals surface area (Å²) < 4.78 is 37.2. The molecular formula is C15H23N3O5S. The number of methoxy groups -OCH3 is 1. The average molecular weight is 357 g/mol. The molecule has 1 unspecified atom stereocenters. The summed E-state index contributed by atoms with van der Waals surface area (Å²) in [6, 6.07) is 0. The van der Waals surface area contributed by atoms with Gasteiger partial charge in [0.25, 0.3) is 0 Å². The third-order valence-electron chi connectivity index (χ3n) is 3.87. The van der Waals surface area contributed by atoms with Crippen molar-refractivity contribution in [3.05, 3.63) is 17.7 Å². The van der Waals surface area contributed by atoms with Crippen molar-refractivity contribution in [1.29, 1.82) is 0 Å². The first-order chi connectivity index (χ1) is 11.3. The Labute approximate surface area is 142 Å². The maximum Gasteiger partial charge on any atom is 0.309 e. The monoisotopic (exact) mass is 357 g/mol. The van der Waals surface area contributed by atoms with Crippen molar-refractivity contribution in [3.8, 4) is 0 Å². The summed E-state index contributed by atoms with van der Waals surface area (Å²) in [5.41, 5.74) is 0.300. The van der Waals surface area contributed by atoms with Crippen LogP contribution in [0.4, 0.5) is 0 Å². The van der Waals surface area contributed by atoms with Crippen LogP contribution in [-0.2, 0) is 19.6 Å². The van der Waals surface area contributed by atoms with Gasteiger partial charge in [0.1, 0.15) is 5.69 Å². The Bertz CT molecular complexity index is 723. The zero-order valence-electron chi connectivity index (χ0n) is 14.4. The van der Waals surface area contributed by atoms with Crippen LogP contribution in [0.2, 0.25) is 0 Å². The smallest absolute Gasteiger partial charge is 0.309 e. The van der Waals surface area contributed by atoms with Crippen LogP contribution in [0.3, 0.4) is 0 Å². The molecule has 1 fully saturated rings. The second-order valence-corrected chi connectivity index (χ2v) is 7.84. The average Bonchev–Trinajstić information content (AvgIpc) is 2.93. The second-order valence-electron chi connectivity index (χ2n) is 5.97. The van der Waals surface area contributed by atoms with Gasteiger partial charge in [-0.1, -0.05) is 5.16 Å². The zero-order valence-corrected chi connectivity index (χ0v) is 15.2. The van der Waals surface area contributed by atoms with Gasteiger partial charge in [-0.15, -0.1) is 0 Å². The highest BCUT2D eigenvalue weighted by atomic mass is 32.2. The van der Waals surface area contributed by atoms with Crippen LogP contribution in [0.5, 0.6) is 0 Å². The predicted octanol–water partition coefficient (Wildman–Crippen LogP) is 1.09. The Morgan fingerprint density at radius 3 is 2.79 bits per heavy atom. The van der Waals surface area contributed by atoms with Gasteiger partial charge in [0, 0.05) is 39.5 Å². The number of sulfonamides is 1. The molecular weight excluding hydrogens is 334 g/mol. The van der Waals surface area contributed by atoms with E-state index in [2.05, 4.69) is 5.16 Å². The molecule has 0 N–H and O–H groups in total. The van der Waals surface area contributed by atoms with E-state index < -0.39 is 15.9 Å². The lowest BCUT2D eigenvalue weighted by Gasteiger charge is -2.30. The molecule has 134 valence electrons. The SMILES string of the molecule is COC(=O)C1CCCN(S(=O)(=O)c2c(C)noc2/C=C/N(C)C)C1. The number of carbonyl (C=O) groups is 1. The third kappa shape index (κ3) is 3.78. The van der Waals surface area contributed by atoms with E-state index in [4.69, 9.17) is 9.26 Å². The van der Waals surface area contributed by atoms with Crippen LogP contribution < -0.4 is 0 Å². The van der Waals surface area contributed by atoms with Crippen LogP contribution in [-0.4, -0.2) is 63.0 Å². The van der Waals surface area contributed by atoms with Gasteiger partial charge in [-0.05, 0) is 19.8 Å². The van der Waals surface area contributed by atoms with Crippen LogP contribution in [0.25, 0.3) is 6.08 Å². The second kappa shape index (κ2) is 7.35. The summed E-state index contributed by atoms with van der Waals surface area (Å²) >= 11 is 0. The number of hydrogen-bond acceptors (Lipinski definition) is 7. The van der Waals surface area contributed by atoms with Crippen LogP contribution >= 0.6 is 0 Å². The number of rotatable bonds is 5. The number of carbonyl (C=O) groups excluding carboxylic acids is 1. The van der Waals surface area contributed by atoms with E-state index in [1.54, 1.807) is 24.1 Å². The van der Waals surface area contributed by atoms with E-state index in [0.29, 0.717) is 25.1 Å². The van der Waals surface area contributed by atoms with Crippen LogP contribution in [0.15, 0.2) is 15.6 Å². The number of hydrogen-bond donors (Lipinski definition) is 0. The molecule has 1 aliphatic heterocycles. The van der Waals surface area contributed by atoms with Crippen LogP contribution in [0.1, 0.15) is 24.3 Å². The molecule has 0 bridgehead atoms. The van der Waals surface area contributed by atoms with Gasteiger partial charge in [0.2, 0.25) is 10.0 Å². The fourth-order valence-electron chi connectivity index (χ4n) is 2.66. The zero-order chi connectivity index (χ0) is 17.9.